The van der Waals surface area contributed by atoms with Crippen LogP contribution in [0, 0.1) is 6.92 Å². The molecule has 1 aliphatic carbocycles. The Bertz CT molecular complexity index is 693. The molecular weight excluding hydrogens is 298 g/mol. The van der Waals surface area contributed by atoms with Crippen LogP contribution in [0.25, 0.3) is 0 Å². The molecule has 24 heavy (non-hydrogen) atoms. The van der Waals surface area contributed by atoms with Crippen molar-refractivity contribution >= 4 is 11.6 Å². The first-order chi connectivity index (χ1) is 11.7. The third-order valence-corrected chi connectivity index (χ3v) is 4.52. The minimum atomic E-state index is -0.0198. The number of anilines is 1. The van der Waals surface area contributed by atoms with Gasteiger partial charge in [-0.1, -0.05) is 49.1 Å². The average Bonchev–Trinajstić information content (AvgIpc) is 2.61. The van der Waals surface area contributed by atoms with Gasteiger partial charge in [0.15, 0.2) is 0 Å². The Balaban J connectivity index is 1.59. The molecule has 126 valence electrons. The number of rotatable bonds is 5. The smallest absolute Gasteiger partial charge is 0.253 e. The highest BCUT2D eigenvalue weighted by atomic mass is 16.1. The van der Waals surface area contributed by atoms with Crippen molar-refractivity contribution in [2.45, 2.75) is 51.6 Å². The van der Waals surface area contributed by atoms with Crippen molar-refractivity contribution in [3.63, 3.8) is 0 Å². The third-order valence-electron chi connectivity index (χ3n) is 4.52. The topological polar surface area (TPSA) is 54.0 Å². The monoisotopic (exact) mass is 323 g/mol. The van der Waals surface area contributed by atoms with Crippen molar-refractivity contribution in [1.29, 1.82) is 0 Å². The summed E-state index contributed by atoms with van der Waals surface area (Å²) in [4.78, 5) is 16.6. The summed E-state index contributed by atoms with van der Waals surface area (Å²) in [6.45, 7) is 2.80. The van der Waals surface area contributed by atoms with Crippen molar-refractivity contribution in [1.82, 2.24) is 10.3 Å². The Morgan fingerprint density at radius 3 is 2.79 bits per heavy atom. The molecule has 4 heteroatoms. The van der Waals surface area contributed by atoms with Crippen LogP contribution in [0.15, 0.2) is 42.7 Å². The van der Waals surface area contributed by atoms with Crippen molar-refractivity contribution < 1.29 is 4.79 Å². The lowest BCUT2D eigenvalue weighted by Gasteiger charge is -2.22. The summed E-state index contributed by atoms with van der Waals surface area (Å²) in [6.07, 6.45) is 9.27. The van der Waals surface area contributed by atoms with E-state index in [9.17, 15) is 4.79 Å². The van der Waals surface area contributed by atoms with Gasteiger partial charge in [-0.3, -0.25) is 9.78 Å². The molecule has 1 fully saturated rings. The molecule has 1 aliphatic rings. The van der Waals surface area contributed by atoms with Crippen LogP contribution in [0.2, 0.25) is 0 Å². The largest absolute Gasteiger partial charge is 0.380 e. The second-order valence-corrected chi connectivity index (χ2v) is 6.61. The van der Waals surface area contributed by atoms with E-state index in [0.29, 0.717) is 11.6 Å². The summed E-state index contributed by atoms with van der Waals surface area (Å²) in [5, 5.41) is 6.48. The van der Waals surface area contributed by atoms with Crippen molar-refractivity contribution in [2.75, 3.05) is 5.32 Å². The first-order valence-corrected chi connectivity index (χ1v) is 8.76. The van der Waals surface area contributed by atoms with Gasteiger partial charge in [0.2, 0.25) is 0 Å². The number of nitrogens with one attached hydrogen (secondary N) is 2. The summed E-state index contributed by atoms with van der Waals surface area (Å²) >= 11 is 0. The van der Waals surface area contributed by atoms with Crippen molar-refractivity contribution in [3.8, 4) is 0 Å². The number of pyridine rings is 1. The van der Waals surface area contributed by atoms with E-state index in [1.54, 1.807) is 12.4 Å². The fourth-order valence-electron chi connectivity index (χ4n) is 3.20. The van der Waals surface area contributed by atoms with E-state index in [4.69, 9.17) is 0 Å². The Kier molecular flexibility index (Phi) is 5.47. The van der Waals surface area contributed by atoms with E-state index in [2.05, 4.69) is 46.8 Å². The predicted molar refractivity (Wildman–Crippen MR) is 97.1 cm³/mol. The molecule has 1 aromatic carbocycles. The molecule has 1 saturated carbocycles. The maximum absolute atomic E-state index is 12.4. The van der Waals surface area contributed by atoms with Gasteiger partial charge < -0.3 is 10.6 Å². The molecule has 4 nitrogen and oxygen atoms in total. The second-order valence-electron chi connectivity index (χ2n) is 6.61. The Morgan fingerprint density at radius 1 is 1.17 bits per heavy atom. The number of aryl methyl sites for hydroxylation is 1. The van der Waals surface area contributed by atoms with Gasteiger partial charge in [-0.2, -0.15) is 0 Å². The van der Waals surface area contributed by atoms with Crippen LogP contribution in [-0.4, -0.2) is 16.9 Å². The van der Waals surface area contributed by atoms with Crippen molar-refractivity contribution in [3.05, 3.63) is 59.4 Å². The summed E-state index contributed by atoms with van der Waals surface area (Å²) in [5.41, 5.74) is 3.95. The molecule has 2 N–H and O–H groups in total. The first kappa shape index (κ1) is 16.5. The Labute approximate surface area is 143 Å². The minimum Gasteiger partial charge on any atom is -0.380 e. The van der Waals surface area contributed by atoms with Gasteiger partial charge in [0.25, 0.3) is 5.91 Å². The highest BCUT2D eigenvalue weighted by Gasteiger charge is 2.17. The van der Waals surface area contributed by atoms with E-state index >= 15 is 0 Å². The molecule has 2 aromatic rings. The third kappa shape index (κ3) is 4.57. The average molecular weight is 323 g/mol. The zero-order chi connectivity index (χ0) is 16.8. The van der Waals surface area contributed by atoms with Crippen molar-refractivity contribution in [2.24, 2.45) is 0 Å². The SMILES string of the molecule is Cc1cccc(CNc2cncc(C(=O)NC3CCCCC3)c2)c1. The van der Waals surface area contributed by atoms with Gasteiger partial charge in [0.05, 0.1) is 11.3 Å². The number of hydrogen-bond acceptors (Lipinski definition) is 3. The van der Waals surface area contributed by atoms with E-state index in [0.717, 1.165) is 25.1 Å². The van der Waals surface area contributed by atoms with Gasteiger partial charge in [-0.05, 0) is 31.4 Å². The number of carbonyl (C=O) groups is 1. The fraction of sp³-hybridized carbons (Fsp3) is 0.400. The Hall–Kier alpha value is -2.36. The normalized spacial score (nSPS) is 15.0. The van der Waals surface area contributed by atoms with Crippen LogP contribution in [0.5, 0.6) is 0 Å². The first-order valence-electron chi connectivity index (χ1n) is 8.76. The fourth-order valence-corrected chi connectivity index (χ4v) is 3.20. The zero-order valence-corrected chi connectivity index (χ0v) is 14.2. The molecule has 0 radical (unpaired) electrons. The summed E-state index contributed by atoms with van der Waals surface area (Å²) < 4.78 is 0. The van der Waals surface area contributed by atoms with Crippen LogP contribution < -0.4 is 10.6 Å². The lowest BCUT2D eigenvalue weighted by Crippen LogP contribution is -2.36. The molecule has 0 bridgehead atoms. The molecular formula is C20H25N3O. The highest BCUT2D eigenvalue weighted by Crippen LogP contribution is 2.18. The molecule has 1 heterocycles. The standard InChI is InChI=1S/C20H25N3O/c1-15-6-5-7-16(10-15)12-22-19-11-17(13-21-14-19)20(24)23-18-8-3-2-4-9-18/h5-7,10-11,13-14,18,22H,2-4,8-9,12H2,1H3,(H,23,24). The zero-order valence-electron chi connectivity index (χ0n) is 14.2. The number of hydrogen-bond donors (Lipinski definition) is 2. The van der Waals surface area contributed by atoms with Gasteiger partial charge in [-0.25, -0.2) is 0 Å². The number of aromatic nitrogens is 1. The van der Waals surface area contributed by atoms with Crippen LogP contribution in [0.3, 0.4) is 0 Å². The number of nitrogens with zero attached hydrogens (tertiary/aromatic N) is 1. The van der Waals surface area contributed by atoms with Crippen LogP contribution in [0.4, 0.5) is 5.69 Å². The quantitative estimate of drug-likeness (QED) is 0.872. The second kappa shape index (κ2) is 7.95. The highest BCUT2D eigenvalue weighted by molar-refractivity contribution is 5.94. The molecule has 1 amide bonds. The van der Waals surface area contributed by atoms with Crippen LogP contribution >= 0.6 is 0 Å². The predicted octanol–water partition coefficient (Wildman–Crippen LogP) is 4.06. The summed E-state index contributed by atoms with van der Waals surface area (Å²) in [7, 11) is 0. The lowest BCUT2D eigenvalue weighted by molar-refractivity contribution is 0.0927. The molecule has 0 saturated heterocycles. The van der Waals surface area contributed by atoms with Gasteiger partial charge >= 0.3 is 0 Å². The van der Waals surface area contributed by atoms with Crippen LogP contribution in [-0.2, 0) is 6.54 Å². The minimum absolute atomic E-state index is 0.0198. The van der Waals surface area contributed by atoms with E-state index < -0.39 is 0 Å². The van der Waals surface area contributed by atoms with Gasteiger partial charge in [0, 0.05) is 25.0 Å². The molecule has 0 unspecified atom stereocenters. The van der Waals surface area contributed by atoms with Gasteiger partial charge in [0.1, 0.15) is 0 Å². The maximum atomic E-state index is 12.4. The number of carbonyl (C=O) groups excluding carboxylic acids is 1. The van der Waals surface area contributed by atoms with E-state index in [1.807, 2.05) is 6.07 Å². The summed E-state index contributed by atoms with van der Waals surface area (Å²) in [6, 6.07) is 10.6. The number of benzene rings is 1. The summed E-state index contributed by atoms with van der Waals surface area (Å²) in [5.74, 6) is -0.0198. The molecule has 0 aliphatic heterocycles. The van der Waals surface area contributed by atoms with Gasteiger partial charge in [-0.15, -0.1) is 0 Å². The molecule has 3 rings (SSSR count). The molecule has 0 atom stereocenters. The van der Waals surface area contributed by atoms with E-state index in [1.165, 1.54) is 30.4 Å². The number of amides is 1. The van der Waals surface area contributed by atoms with E-state index in [-0.39, 0.29) is 5.91 Å². The maximum Gasteiger partial charge on any atom is 0.253 e. The lowest BCUT2D eigenvalue weighted by atomic mass is 9.95. The Morgan fingerprint density at radius 2 is 2.00 bits per heavy atom. The molecule has 0 spiro atoms. The van der Waals surface area contributed by atoms with Crippen LogP contribution in [0.1, 0.15) is 53.6 Å². The molecule has 1 aromatic heterocycles.